The van der Waals surface area contributed by atoms with Crippen molar-refractivity contribution >= 4 is 5.91 Å². The Kier molecular flexibility index (Phi) is 4.00. The first-order chi connectivity index (χ1) is 13.7. The van der Waals surface area contributed by atoms with Gasteiger partial charge in [0.15, 0.2) is 11.5 Å². The number of halogens is 1. The molecule has 3 aromatic rings. The third-order valence-corrected chi connectivity index (χ3v) is 5.13. The van der Waals surface area contributed by atoms with Gasteiger partial charge in [0.1, 0.15) is 5.82 Å². The van der Waals surface area contributed by atoms with Gasteiger partial charge in [0.25, 0.3) is 0 Å². The summed E-state index contributed by atoms with van der Waals surface area (Å²) in [5.74, 6) is 1.20. The number of amides is 1. The second-order valence-electron chi connectivity index (χ2n) is 7.01. The van der Waals surface area contributed by atoms with Gasteiger partial charge < -0.3 is 14.4 Å². The molecule has 0 aliphatic carbocycles. The molecule has 2 aliphatic heterocycles. The molecule has 2 aromatic carbocycles. The lowest BCUT2D eigenvalue weighted by Gasteiger charge is -2.16. The minimum atomic E-state index is -0.255. The highest BCUT2D eigenvalue weighted by Gasteiger charge is 2.27. The van der Waals surface area contributed by atoms with Crippen LogP contribution in [0.4, 0.5) is 4.39 Å². The highest BCUT2D eigenvalue weighted by atomic mass is 19.1. The van der Waals surface area contributed by atoms with E-state index in [-0.39, 0.29) is 18.5 Å². The molecule has 0 saturated heterocycles. The lowest BCUT2D eigenvalue weighted by molar-refractivity contribution is -0.131. The van der Waals surface area contributed by atoms with Crippen molar-refractivity contribution in [1.82, 2.24) is 14.7 Å². The molecule has 0 fully saturated rings. The largest absolute Gasteiger partial charge is 0.454 e. The Morgan fingerprint density at radius 2 is 1.82 bits per heavy atom. The van der Waals surface area contributed by atoms with Crippen molar-refractivity contribution in [3.63, 3.8) is 0 Å². The van der Waals surface area contributed by atoms with E-state index in [1.165, 1.54) is 12.1 Å². The van der Waals surface area contributed by atoms with Gasteiger partial charge in [-0.25, -0.2) is 4.39 Å². The van der Waals surface area contributed by atoms with E-state index in [0.717, 1.165) is 22.4 Å². The summed E-state index contributed by atoms with van der Waals surface area (Å²) in [5.41, 5.74) is 3.96. The van der Waals surface area contributed by atoms with Gasteiger partial charge in [0.05, 0.1) is 31.4 Å². The van der Waals surface area contributed by atoms with Crippen molar-refractivity contribution in [2.75, 3.05) is 6.79 Å². The standard InChI is InChI=1S/C21H18FN3O3/c22-17-4-1-14(2-5-17)10-25-18-12-24(11-16(18)9-23-25)21(26)8-15-3-6-19-20(7-15)28-13-27-19/h1-7,9H,8,10-13H2. The Hall–Kier alpha value is -3.35. The molecule has 142 valence electrons. The fourth-order valence-corrected chi connectivity index (χ4v) is 3.62. The second-order valence-corrected chi connectivity index (χ2v) is 7.01. The molecular weight excluding hydrogens is 361 g/mol. The Bertz CT molecular complexity index is 1050. The summed E-state index contributed by atoms with van der Waals surface area (Å²) in [4.78, 5) is 14.6. The predicted octanol–water partition coefficient (Wildman–Crippen LogP) is 2.88. The summed E-state index contributed by atoms with van der Waals surface area (Å²) < 4.78 is 25.7. The molecule has 1 amide bonds. The molecule has 0 N–H and O–H groups in total. The molecule has 3 heterocycles. The zero-order valence-electron chi connectivity index (χ0n) is 15.1. The van der Waals surface area contributed by atoms with Crippen molar-refractivity contribution < 1.29 is 18.7 Å². The highest BCUT2D eigenvalue weighted by molar-refractivity contribution is 5.79. The van der Waals surface area contributed by atoms with Crippen LogP contribution in [0.2, 0.25) is 0 Å². The van der Waals surface area contributed by atoms with E-state index in [1.54, 1.807) is 12.1 Å². The summed E-state index contributed by atoms with van der Waals surface area (Å²) in [6.07, 6.45) is 2.12. The topological polar surface area (TPSA) is 56.6 Å². The molecule has 7 heteroatoms. The third kappa shape index (κ3) is 3.09. The van der Waals surface area contributed by atoms with Crippen LogP contribution in [0.1, 0.15) is 22.4 Å². The summed E-state index contributed by atoms with van der Waals surface area (Å²) in [6, 6.07) is 12.0. The Labute approximate surface area is 161 Å². The van der Waals surface area contributed by atoms with Crippen molar-refractivity contribution in [3.8, 4) is 11.5 Å². The number of ether oxygens (including phenoxy) is 2. The first kappa shape index (κ1) is 16.8. The molecule has 0 radical (unpaired) electrons. The van der Waals surface area contributed by atoms with Gasteiger partial charge in [-0.1, -0.05) is 18.2 Å². The minimum Gasteiger partial charge on any atom is -0.454 e. The molecule has 0 unspecified atom stereocenters. The molecule has 0 saturated carbocycles. The Morgan fingerprint density at radius 1 is 1.04 bits per heavy atom. The number of rotatable bonds is 4. The number of aromatic nitrogens is 2. The van der Waals surface area contributed by atoms with E-state index in [4.69, 9.17) is 9.47 Å². The molecule has 2 aliphatic rings. The number of hydrogen-bond acceptors (Lipinski definition) is 4. The molecule has 5 rings (SSSR count). The van der Waals surface area contributed by atoms with Gasteiger partial charge in [-0.05, 0) is 35.4 Å². The average molecular weight is 379 g/mol. The smallest absolute Gasteiger partial charge is 0.231 e. The quantitative estimate of drug-likeness (QED) is 0.700. The van der Waals surface area contributed by atoms with Crippen LogP contribution in [0.5, 0.6) is 11.5 Å². The van der Waals surface area contributed by atoms with Crippen molar-refractivity contribution in [2.45, 2.75) is 26.1 Å². The number of nitrogens with zero attached hydrogens (tertiary/aromatic N) is 3. The van der Waals surface area contributed by atoms with Crippen LogP contribution in [0.25, 0.3) is 0 Å². The zero-order valence-corrected chi connectivity index (χ0v) is 15.1. The number of benzene rings is 2. The first-order valence-electron chi connectivity index (χ1n) is 9.10. The monoisotopic (exact) mass is 379 g/mol. The van der Waals surface area contributed by atoms with Crippen molar-refractivity contribution in [1.29, 1.82) is 0 Å². The lowest BCUT2D eigenvalue weighted by atomic mass is 10.1. The molecular formula is C21H18FN3O3. The van der Waals surface area contributed by atoms with E-state index < -0.39 is 0 Å². The number of carbonyl (C=O) groups excluding carboxylic acids is 1. The lowest BCUT2D eigenvalue weighted by Crippen LogP contribution is -2.27. The summed E-state index contributed by atoms with van der Waals surface area (Å²) in [5, 5.41) is 4.43. The van der Waals surface area contributed by atoms with Crippen LogP contribution in [-0.2, 0) is 30.8 Å². The minimum absolute atomic E-state index is 0.0587. The Balaban J connectivity index is 1.27. The molecule has 1 aromatic heterocycles. The van der Waals surface area contributed by atoms with E-state index in [2.05, 4.69) is 5.10 Å². The SMILES string of the molecule is O=C(Cc1ccc2c(c1)OCO2)N1Cc2cnn(Cc3ccc(F)cc3)c2C1. The van der Waals surface area contributed by atoms with Gasteiger partial charge in [0, 0.05) is 12.1 Å². The third-order valence-electron chi connectivity index (χ3n) is 5.13. The maximum Gasteiger partial charge on any atom is 0.231 e. The van der Waals surface area contributed by atoms with Crippen LogP contribution in [-0.4, -0.2) is 27.4 Å². The van der Waals surface area contributed by atoms with Crippen LogP contribution in [0, 0.1) is 5.82 Å². The van der Waals surface area contributed by atoms with Crippen LogP contribution in [0.15, 0.2) is 48.7 Å². The van der Waals surface area contributed by atoms with Gasteiger partial charge in [0.2, 0.25) is 12.7 Å². The van der Waals surface area contributed by atoms with Gasteiger partial charge in [-0.2, -0.15) is 5.10 Å². The normalized spacial score (nSPS) is 14.4. The van der Waals surface area contributed by atoms with Crippen LogP contribution >= 0.6 is 0 Å². The van der Waals surface area contributed by atoms with Gasteiger partial charge in [-0.15, -0.1) is 0 Å². The second kappa shape index (κ2) is 6.67. The first-order valence-corrected chi connectivity index (χ1v) is 9.10. The van der Waals surface area contributed by atoms with Gasteiger partial charge >= 0.3 is 0 Å². The summed E-state index contributed by atoms with van der Waals surface area (Å²) in [7, 11) is 0. The van der Waals surface area contributed by atoms with Crippen molar-refractivity contribution in [3.05, 3.63) is 76.9 Å². The van der Waals surface area contributed by atoms with E-state index in [1.807, 2.05) is 34.0 Å². The fourth-order valence-electron chi connectivity index (χ4n) is 3.62. The van der Waals surface area contributed by atoms with Gasteiger partial charge in [-0.3, -0.25) is 9.48 Å². The molecule has 28 heavy (non-hydrogen) atoms. The fraction of sp³-hybridized carbons (Fsp3) is 0.238. The predicted molar refractivity (Wildman–Crippen MR) is 98.3 cm³/mol. The van der Waals surface area contributed by atoms with E-state index >= 15 is 0 Å². The van der Waals surface area contributed by atoms with Crippen LogP contribution in [0.3, 0.4) is 0 Å². The van der Waals surface area contributed by atoms with Crippen LogP contribution < -0.4 is 9.47 Å². The van der Waals surface area contributed by atoms with E-state index in [0.29, 0.717) is 37.6 Å². The average Bonchev–Trinajstić information content (AvgIpc) is 3.40. The highest BCUT2D eigenvalue weighted by Crippen LogP contribution is 2.33. The summed E-state index contributed by atoms with van der Waals surface area (Å²) in [6.45, 7) is 1.86. The van der Waals surface area contributed by atoms with Crippen molar-refractivity contribution in [2.24, 2.45) is 0 Å². The summed E-state index contributed by atoms with van der Waals surface area (Å²) >= 11 is 0. The maximum atomic E-state index is 13.1. The molecule has 0 spiro atoms. The Morgan fingerprint density at radius 3 is 2.68 bits per heavy atom. The zero-order chi connectivity index (χ0) is 19.1. The van der Waals surface area contributed by atoms with E-state index in [9.17, 15) is 9.18 Å². The number of hydrogen-bond donors (Lipinski definition) is 0. The maximum absolute atomic E-state index is 13.1. The number of fused-ring (bicyclic) bond motifs is 2. The number of carbonyl (C=O) groups is 1. The molecule has 0 atom stereocenters. The molecule has 6 nitrogen and oxygen atoms in total. The molecule has 0 bridgehead atoms.